The van der Waals surface area contributed by atoms with E-state index >= 15 is 0 Å². The Balaban J connectivity index is 1.16. The number of hydrogen-bond acceptors (Lipinski definition) is 3. The molecule has 0 aliphatic rings. The third-order valence-corrected chi connectivity index (χ3v) is 9.40. The van der Waals surface area contributed by atoms with Crippen molar-refractivity contribution < 1.29 is 0 Å². The fraction of sp³-hybridized carbons (Fsp3) is 0.0217. The molecule has 0 atom stereocenters. The second kappa shape index (κ2) is 12.4. The van der Waals surface area contributed by atoms with E-state index in [4.69, 9.17) is 15.0 Å². The summed E-state index contributed by atoms with van der Waals surface area (Å²) in [5.41, 5.74) is 12.4. The minimum absolute atomic E-state index is 0.648. The topological polar surface area (TPSA) is 43.6 Å². The van der Waals surface area contributed by atoms with Gasteiger partial charge in [0.15, 0.2) is 17.5 Å². The molecule has 4 heteroatoms. The first kappa shape index (κ1) is 29.5. The van der Waals surface area contributed by atoms with Gasteiger partial charge in [0.05, 0.1) is 11.0 Å². The van der Waals surface area contributed by atoms with Gasteiger partial charge in [0.2, 0.25) is 0 Å². The van der Waals surface area contributed by atoms with Crippen LogP contribution >= 0.6 is 0 Å². The van der Waals surface area contributed by atoms with Gasteiger partial charge in [-0.25, -0.2) is 15.0 Å². The van der Waals surface area contributed by atoms with Gasteiger partial charge in [-0.3, -0.25) is 0 Å². The Hall–Kier alpha value is -6.65. The molecule has 0 saturated heterocycles. The summed E-state index contributed by atoms with van der Waals surface area (Å²) in [4.78, 5) is 14.7. The van der Waals surface area contributed by atoms with Crippen LogP contribution in [0.2, 0.25) is 0 Å². The maximum atomic E-state index is 4.92. The van der Waals surface area contributed by atoms with Crippen LogP contribution in [0.15, 0.2) is 176 Å². The molecule has 0 radical (unpaired) electrons. The Morgan fingerprint density at radius 1 is 0.340 bits per heavy atom. The Kier molecular flexibility index (Phi) is 7.33. The maximum absolute atomic E-state index is 4.92. The van der Waals surface area contributed by atoms with E-state index in [1.165, 1.54) is 44.2 Å². The number of benzene rings is 7. The smallest absolute Gasteiger partial charge is 0.164 e. The quantitative estimate of drug-likeness (QED) is 0.182. The van der Waals surface area contributed by atoms with E-state index in [1.54, 1.807) is 0 Å². The molecular weight excluding hydrogens is 609 g/mol. The van der Waals surface area contributed by atoms with Crippen molar-refractivity contribution in [3.8, 4) is 62.1 Å². The number of nitrogens with zero attached hydrogens (tertiary/aromatic N) is 4. The fourth-order valence-electron chi connectivity index (χ4n) is 6.84. The van der Waals surface area contributed by atoms with Crippen LogP contribution < -0.4 is 0 Å². The molecule has 0 aliphatic carbocycles. The molecule has 9 aromatic rings. The standard InChI is InChI=1S/C46H32N4/c1-31-13-11-12-20-41(31)50-42-27-25-37(32-14-5-2-6-15-32)29-39(42)40-30-38(26-28-43(40)50)33-21-23-36(24-22-33)46-48-44(34-16-7-3-8-17-34)47-45(49-46)35-18-9-4-10-19-35/h2-30H,1H3. The second-order valence-corrected chi connectivity index (χ2v) is 12.6. The zero-order valence-corrected chi connectivity index (χ0v) is 27.5. The van der Waals surface area contributed by atoms with Gasteiger partial charge in [-0.1, -0.05) is 146 Å². The van der Waals surface area contributed by atoms with Crippen LogP contribution in [0.1, 0.15) is 5.56 Å². The molecule has 236 valence electrons. The van der Waals surface area contributed by atoms with Crippen molar-refractivity contribution in [2.24, 2.45) is 0 Å². The average Bonchev–Trinajstić information content (AvgIpc) is 3.52. The van der Waals surface area contributed by atoms with Crippen LogP contribution in [-0.4, -0.2) is 19.5 Å². The van der Waals surface area contributed by atoms with Gasteiger partial charge in [-0.05, 0) is 65.1 Å². The minimum atomic E-state index is 0.648. The summed E-state index contributed by atoms with van der Waals surface area (Å²) < 4.78 is 2.40. The van der Waals surface area contributed by atoms with E-state index in [9.17, 15) is 0 Å². The molecule has 0 spiro atoms. The third kappa shape index (κ3) is 5.33. The van der Waals surface area contributed by atoms with Crippen molar-refractivity contribution in [2.45, 2.75) is 6.92 Å². The van der Waals surface area contributed by atoms with Crippen molar-refractivity contribution in [2.75, 3.05) is 0 Å². The summed E-state index contributed by atoms with van der Waals surface area (Å²) in [6, 6.07) is 61.6. The number of hydrogen-bond donors (Lipinski definition) is 0. The molecule has 0 bridgehead atoms. The summed E-state index contributed by atoms with van der Waals surface area (Å²) in [6.07, 6.45) is 0. The fourth-order valence-corrected chi connectivity index (χ4v) is 6.84. The lowest BCUT2D eigenvalue weighted by Gasteiger charge is -2.11. The SMILES string of the molecule is Cc1ccccc1-n1c2ccc(-c3ccccc3)cc2c2cc(-c3ccc(-c4nc(-c5ccccc5)nc(-c5ccccc5)n4)cc3)ccc21. The monoisotopic (exact) mass is 640 g/mol. The van der Waals surface area contributed by atoms with Crippen molar-refractivity contribution in [3.05, 3.63) is 181 Å². The Morgan fingerprint density at radius 3 is 1.18 bits per heavy atom. The highest BCUT2D eigenvalue weighted by Gasteiger charge is 2.17. The van der Waals surface area contributed by atoms with Crippen molar-refractivity contribution >= 4 is 21.8 Å². The van der Waals surface area contributed by atoms with E-state index in [-0.39, 0.29) is 0 Å². The molecule has 4 nitrogen and oxygen atoms in total. The maximum Gasteiger partial charge on any atom is 0.164 e. The number of aryl methyl sites for hydroxylation is 1. The summed E-state index contributed by atoms with van der Waals surface area (Å²) in [6.45, 7) is 2.18. The van der Waals surface area contributed by atoms with E-state index < -0.39 is 0 Å². The highest BCUT2D eigenvalue weighted by atomic mass is 15.0. The third-order valence-electron chi connectivity index (χ3n) is 9.40. The second-order valence-electron chi connectivity index (χ2n) is 12.6. The van der Waals surface area contributed by atoms with Crippen LogP contribution in [0.5, 0.6) is 0 Å². The van der Waals surface area contributed by atoms with Gasteiger partial charge in [-0.2, -0.15) is 0 Å². The van der Waals surface area contributed by atoms with Gasteiger partial charge >= 0.3 is 0 Å². The van der Waals surface area contributed by atoms with Gasteiger partial charge in [0.25, 0.3) is 0 Å². The summed E-state index contributed by atoms with van der Waals surface area (Å²) in [5, 5.41) is 2.45. The molecule has 0 unspecified atom stereocenters. The largest absolute Gasteiger partial charge is 0.309 e. The first-order valence-electron chi connectivity index (χ1n) is 16.9. The Bertz CT molecular complexity index is 2570. The van der Waals surface area contributed by atoms with E-state index in [0.29, 0.717) is 17.5 Å². The molecular formula is C46H32N4. The molecule has 0 fully saturated rings. The lowest BCUT2D eigenvalue weighted by Crippen LogP contribution is -2.00. The molecule has 0 amide bonds. The Morgan fingerprint density at radius 2 is 0.700 bits per heavy atom. The highest BCUT2D eigenvalue weighted by Crippen LogP contribution is 2.38. The number of rotatable bonds is 6. The van der Waals surface area contributed by atoms with E-state index in [2.05, 4.69) is 127 Å². The molecule has 50 heavy (non-hydrogen) atoms. The van der Waals surface area contributed by atoms with Crippen LogP contribution in [0.4, 0.5) is 0 Å². The van der Waals surface area contributed by atoms with E-state index in [0.717, 1.165) is 27.8 Å². The van der Waals surface area contributed by atoms with Gasteiger partial charge in [0.1, 0.15) is 0 Å². The van der Waals surface area contributed by atoms with Gasteiger partial charge < -0.3 is 4.57 Å². The molecule has 7 aromatic carbocycles. The van der Waals surface area contributed by atoms with Crippen molar-refractivity contribution in [1.82, 2.24) is 19.5 Å². The van der Waals surface area contributed by atoms with Crippen molar-refractivity contribution in [1.29, 1.82) is 0 Å². The molecule has 0 N–H and O–H groups in total. The van der Waals surface area contributed by atoms with Gasteiger partial charge in [0, 0.05) is 33.2 Å². The number of aromatic nitrogens is 4. The lowest BCUT2D eigenvalue weighted by molar-refractivity contribution is 1.07. The summed E-state index contributed by atoms with van der Waals surface area (Å²) in [7, 11) is 0. The average molecular weight is 641 g/mol. The summed E-state index contributed by atoms with van der Waals surface area (Å²) in [5.74, 6) is 1.96. The number of para-hydroxylation sites is 1. The molecule has 0 aliphatic heterocycles. The molecule has 2 heterocycles. The van der Waals surface area contributed by atoms with Crippen molar-refractivity contribution in [3.63, 3.8) is 0 Å². The Labute approximate surface area is 291 Å². The molecule has 0 saturated carbocycles. The van der Waals surface area contributed by atoms with Crippen LogP contribution in [0, 0.1) is 6.92 Å². The van der Waals surface area contributed by atoms with Gasteiger partial charge in [-0.15, -0.1) is 0 Å². The lowest BCUT2D eigenvalue weighted by atomic mass is 9.99. The highest BCUT2D eigenvalue weighted by molar-refractivity contribution is 6.11. The zero-order chi connectivity index (χ0) is 33.4. The predicted octanol–water partition coefficient (Wildman–Crippen LogP) is 11.6. The predicted molar refractivity (Wildman–Crippen MR) is 206 cm³/mol. The zero-order valence-electron chi connectivity index (χ0n) is 27.5. The first-order chi connectivity index (χ1) is 24.7. The van der Waals surface area contributed by atoms with Crippen LogP contribution in [-0.2, 0) is 0 Å². The van der Waals surface area contributed by atoms with E-state index in [1.807, 2.05) is 60.7 Å². The normalized spacial score (nSPS) is 11.3. The minimum Gasteiger partial charge on any atom is -0.309 e. The first-order valence-corrected chi connectivity index (χ1v) is 16.9. The number of fused-ring (bicyclic) bond motifs is 3. The molecule has 9 rings (SSSR count). The summed E-state index contributed by atoms with van der Waals surface area (Å²) >= 11 is 0. The molecule has 2 aromatic heterocycles. The van der Waals surface area contributed by atoms with Crippen LogP contribution in [0.3, 0.4) is 0 Å². The van der Waals surface area contributed by atoms with Crippen LogP contribution in [0.25, 0.3) is 83.9 Å².